The molecule has 100 valence electrons. The highest BCUT2D eigenvalue weighted by Crippen LogP contribution is 2.31. The Kier molecular flexibility index (Phi) is 3.73. The van der Waals surface area contributed by atoms with Crippen molar-refractivity contribution in [3.8, 4) is 5.75 Å². The van der Waals surface area contributed by atoms with Gasteiger partial charge in [-0.15, -0.1) is 0 Å². The monoisotopic (exact) mass is 307 g/mol. The number of carbonyl (C=O) groups is 2. The van der Waals surface area contributed by atoms with Crippen molar-refractivity contribution in [2.45, 2.75) is 6.61 Å². The van der Waals surface area contributed by atoms with Crippen LogP contribution in [0.15, 0.2) is 34.3 Å². The summed E-state index contributed by atoms with van der Waals surface area (Å²) in [6, 6.07) is 4.94. The van der Waals surface area contributed by atoms with Crippen molar-refractivity contribution in [3.63, 3.8) is 0 Å². The second-order valence-electron chi connectivity index (χ2n) is 3.45. The minimum atomic E-state index is -2.95. The van der Waals surface area contributed by atoms with Gasteiger partial charge in [0.1, 0.15) is 15.8 Å². The molecule has 1 heterocycles. The van der Waals surface area contributed by atoms with Gasteiger partial charge in [-0.3, -0.25) is 9.59 Å². The lowest BCUT2D eigenvalue weighted by atomic mass is 10.3. The molecule has 0 saturated carbocycles. The van der Waals surface area contributed by atoms with E-state index in [0.717, 1.165) is 4.90 Å². The van der Waals surface area contributed by atoms with Gasteiger partial charge in [-0.2, -0.15) is 8.78 Å². The second kappa shape index (κ2) is 5.14. The van der Waals surface area contributed by atoms with E-state index in [1.54, 1.807) is 0 Å². The highest BCUT2D eigenvalue weighted by Gasteiger charge is 2.37. The molecule has 0 N–H and O–H groups in total. The van der Waals surface area contributed by atoms with Crippen molar-refractivity contribution in [1.29, 1.82) is 0 Å². The molecule has 1 aliphatic heterocycles. The predicted octanol–water partition coefficient (Wildman–Crippen LogP) is 2.85. The first-order chi connectivity index (χ1) is 8.91. The van der Waals surface area contributed by atoms with Crippen LogP contribution in [0.25, 0.3) is 0 Å². The number of rotatable bonds is 3. The van der Waals surface area contributed by atoms with E-state index < -0.39 is 18.4 Å². The number of amides is 2. The molecule has 2 amide bonds. The van der Waals surface area contributed by atoms with E-state index in [9.17, 15) is 18.4 Å². The van der Waals surface area contributed by atoms with Crippen molar-refractivity contribution in [2.24, 2.45) is 0 Å². The van der Waals surface area contributed by atoms with E-state index in [1.165, 1.54) is 24.3 Å². The Morgan fingerprint density at radius 1 is 1.00 bits per heavy atom. The molecule has 0 bridgehead atoms. The molecule has 2 rings (SSSR count). The third-order valence-electron chi connectivity index (χ3n) is 2.29. The van der Waals surface area contributed by atoms with E-state index >= 15 is 0 Å². The highest BCUT2D eigenvalue weighted by atomic mass is 35.5. The number of ether oxygens (including phenoxy) is 1. The normalized spacial score (nSPS) is 15.7. The lowest BCUT2D eigenvalue weighted by molar-refractivity contribution is -0.120. The molecule has 4 nitrogen and oxygen atoms in total. The summed E-state index contributed by atoms with van der Waals surface area (Å²) in [7, 11) is 0. The maximum Gasteiger partial charge on any atom is 0.387 e. The number of imide groups is 1. The summed E-state index contributed by atoms with van der Waals surface area (Å²) >= 11 is 11.1. The zero-order chi connectivity index (χ0) is 14.2. The first-order valence-electron chi connectivity index (χ1n) is 4.90. The zero-order valence-electron chi connectivity index (χ0n) is 9.07. The molecule has 0 aromatic heterocycles. The average Bonchev–Trinajstić information content (AvgIpc) is 2.55. The number of hydrogen-bond acceptors (Lipinski definition) is 3. The Morgan fingerprint density at radius 2 is 1.47 bits per heavy atom. The molecule has 0 aliphatic carbocycles. The molecule has 1 aliphatic rings. The van der Waals surface area contributed by atoms with Crippen molar-refractivity contribution in [2.75, 3.05) is 4.90 Å². The molecular weight excluding hydrogens is 303 g/mol. The number of hydrogen-bond donors (Lipinski definition) is 0. The topological polar surface area (TPSA) is 46.6 Å². The van der Waals surface area contributed by atoms with Crippen LogP contribution in [0.4, 0.5) is 14.5 Å². The van der Waals surface area contributed by atoms with E-state index in [-0.39, 0.29) is 21.5 Å². The molecule has 8 heteroatoms. The summed E-state index contributed by atoms with van der Waals surface area (Å²) in [6.45, 7) is -2.95. The Hall–Kier alpha value is -1.66. The molecule has 0 spiro atoms. The second-order valence-corrected chi connectivity index (χ2v) is 4.20. The molecule has 1 aromatic rings. The van der Waals surface area contributed by atoms with Gasteiger partial charge in [0.05, 0.1) is 5.69 Å². The largest absolute Gasteiger partial charge is 0.435 e. The van der Waals surface area contributed by atoms with Crippen LogP contribution in [-0.4, -0.2) is 18.4 Å². The van der Waals surface area contributed by atoms with Crippen molar-refractivity contribution < 1.29 is 23.1 Å². The Labute approximate surface area is 116 Å². The van der Waals surface area contributed by atoms with Crippen LogP contribution in [0, 0.1) is 0 Å². The SMILES string of the molecule is O=C1C(Cl)=C(Cl)C(=O)N1c1ccc(OC(F)F)cc1. The standard InChI is InChI=1S/C11H5Cl2F2NO3/c12-7-8(13)10(18)16(9(7)17)5-1-3-6(4-2-5)19-11(14)15/h1-4,11H. The van der Waals surface area contributed by atoms with Crippen molar-refractivity contribution in [3.05, 3.63) is 34.3 Å². The fourth-order valence-electron chi connectivity index (χ4n) is 1.49. The Balaban J connectivity index is 2.25. The number of benzene rings is 1. The molecular formula is C11H5Cl2F2NO3. The van der Waals surface area contributed by atoms with Gasteiger partial charge < -0.3 is 4.74 Å². The smallest absolute Gasteiger partial charge is 0.387 e. The van der Waals surface area contributed by atoms with Gasteiger partial charge in [0, 0.05) is 0 Å². The fourth-order valence-corrected chi connectivity index (χ4v) is 1.82. The summed E-state index contributed by atoms with van der Waals surface area (Å²) in [5.41, 5.74) is 0.158. The molecule has 0 unspecified atom stereocenters. The molecule has 19 heavy (non-hydrogen) atoms. The lowest BCUT2D eigenvalue weighted by Crippen LogP contribution is -2.30. The maximum atomic E-state index is 12.0. The number of halogens is 4. The van der Waals surface area contributed by atoms with Crippen LogP contribution in [0.3, 0.4) is 0 Å². The summed E-state index contributed by atoms with van der Waals surface area (Å²) in [5.74, 6) is -1.62. The quantitative estimate of drug-likeness (QED) is 0.807. The van der Waals surface area contributed by atoms with Crippen LogP contribution >= 0.6 is 23.2 Å². The van der Waals surface area contributed by atoms with Crippen molar-refractivity contribution in [1.82, 2.24) is 0 Å². The molecule has 0 fully saturated rings. The maximum absolute atomic E-state index is 12.0. The molecule has 0 atom stereocenters. The summed E-state index contributed by atoms with van der Waals surface area (Å²) in [4.78, 5) is 24.1. The predicted molar refractivity (Wildman–Crippen MR) is 64.3 cm³/mol. The summed E-state index contributed by atoms with van der Waals surface area (Å²) in [6.07, 6.45) is 0. The lowest BCUT2D eigenvalue weighted by Gasteiger charge is -2.14. The Morgan fingerprint density at radius 3 is 1.89 bits per heavy atom. The molecule has 1 aromatic carbocycles. The first kappa shape index (κ1) is 13.8. The van der Waals surface area contributed by atoms with E-state index in [0.29, 0.717) is 0 Å². The van der Waals surface area contributed by atoms with Crippen molar-refractivity contribution >= 4 is 40.7 Å². The van der Waals surface area contributed by atoms with Gasteiger partial charge in [-0.25, -0.2) is 4.90 Å². The van der Waals surface area contributed by atoms with Gasteiger partial charge >= 0.3 is 6.61 Å². The van der Waals surface area contributed by atoms with Gasteiger partial charge in [-0.1, -0.05) is 23.2 Å². The van der Waals surface area contributed by atoms with E-state index in [4.69, 9.17) is 23.2 Å². The third kappa shape index (κ3) is 2.54. The third-order valence-corrected chi connectivity index (χ3v) is 3.09. The van der Waals surface area contributed by atoms with Gasteiger partial charge in [0.15, 0.2) is 0 Å². The number of nitrogens with zero attached hydrogens (tertiary/aromatic N) is 1. The molecule has 0 radical (unpaired) electrons. The highest BCUT2D eigenvalue weighted by molar-refractivity contribution is 6.62. The van der Waals surface area contributed by atoms with Crippen LogP contribution in [-0.2, 0) is 9.59 Å². The van der Waals surface area contributed by atoms with E-state index in [2.05, 4.69) is 4.74 Å². The van der Waals surface area contributed by atoms with Crippen LogP contribution in [0.2, 0.25) is 0 Å². The van der Waals surface area contributed by atoms with Crippen LogP contribution in [0.1, 0.15) is 0 Å². The van der Waals surface area contributed by atoms with Gasteiger partial charge in [0.25, 0.3) is 11.8 Å². The fraction of sp³-hybridized carbons (Fsp3) is 0.0909. The van der Waals surface area contributed by atoms with Gasteiger partial charge in [-0.05, 0) is 24.3 Å². The zero-order valence-corrected chi connectivity index (χ0v) is 10.6. The first-order valence-corrected chi connectivity index (χ1v) is 5.66. The van der Waals surface area contributed by atoms with Gasteiger partial charge in [0.2, 0.25) is 0 Å². The minimum Gasteiger partial charge on any atom is -0.435 e. The van der Waals surface area contributed by atoms with E-state index in [1.807, 2.05) is 0 Å². The number of alkyl halides is 2. The summed E-state index contributed by atoms with van der Waals surface area (Å²) in [5, 5.41) is -0.751. The van der Waals surface area contributed by atoms with Crippen LogP contribution < -0.4 is 9.64 Å². The summed E-state index contributed by atoms with van der Waals surface area (Å²) < 4.78 is 28.1. The minimum absolute atomic E-state index is 0.0944. The van der Waals surface area contributed by atoms with Crippen LogP contribution in [0.5, 0.6) is 5.75 Å². The molecule has 0 saturated heterocycles. The number of carbonyl (C=O) groups excluding carboxylic acids is 2. The Bertz CT molecular complexity index is 548. The average molecular weight is 308 g/mol. The number of anilines is 1.